The van der Waals surface area contributed by atoms with Crippen LogP contribution >= 0.6 is 12.2 Å². The third kappa shape index (κ3) is 3.75. The summed E-state index contributed by atoms with van der Waals surface area (Å²) in [5, 5.41) is 2.96. The second-order valence-corrected chi connectivity index (χ2v) is 7.09. The van der Waals surface area contributed by atoms with Gasteiger partial charge in [0.05, 0.1) is 10.4 Å². The number of nitrogens with two attached hydrogens (primary N) is 1. The summed E-state index contributed by atoms with van der Waals surface area (Å²) in [5.74, 6) is 0.545. The maximum absolute atomic E-state index is 12.3. The van der Waals surface area contributed by atoms with Crippen LogP contribution < -0.4 is 11.1 Å². The molecule has 0 spiro atoms. The van der Waals surface area contributed by atoms with Crippen molar-refractivity contribution in [3.63, 3.8) is 0 Å². The molecule has 3 N–H and O–H groups in total. The van der Waals surface area contributed by atoms with Crippen molar-refractivity contribution < 1.29 is 9.00 Å². The van der Waals surface area contributed by atoms with Gasteiger partial charge in [-0.1, -0.05) is 25.1 Å². The molecule has 18 heavy (non-hydrogen) atoms. The molecule has 1 saturated carbocycles. The minimum absolute atomic E-state index is 0.00762. The van der Waals surface area contributed by atoms with Crippen molar-refractivity contribution in [3.05, 3.63) is 0 Å². The first-order valence-electron chi connectivity index (χ1n) is 6.29. The van der Waals surface area contributed by atoms with Crippen molar-refractivity contribution in [2.75, 3.05) is 12.0 Å². The Labute approximate surface area is 117 Å². The fraction of sp³-hybridized carbons (Fsp3) is 0.833. The predicted molar refractivity (Wildman–Crippen MR) is 78.8 cm³/mol. The zero-order valence-corrected chi connectivity index (χ0v) is 12.7. The van der Waals surface area contributed by atoms with E-state index in [1.165, 1.54) is 0 Å². The van der Waals surface area contributed by atoms with Gasteiger partial charge in [0.25, 0.3) is 0 Å². The van der Waals surface area contributed by atoms with Gasteiger partial charge in [-0.05, 0) is 26.2 Å². The molecule has 4 nitrogen and oxygen atoms in total. The molecule has 1 fully saturated rings. The first kappa shape index (κ1) is 15.6. The molecule has 0 aromatic rings. The first-order chi connectivity index (χ1) is 8.38. The van der Waals surface area contributed by atoms with E-state index in [4.69, 9.17) is 18.0 Å². The molecular weight excluding hydrogens is 268 g/mol. The van der Waals surface area contributed by atoms with E-state index in [0.29, 0.717) is 17.2 Å². The molecule has 1 amide bonds. The Bertz CT molecular complexity index is 352. The average Bonchev–Trinajstić information content (AvgIpc) is 2.76. The predicted octanol–water partition coefficient (Wildman–Crippen LogP) is 1.11. The quantitative estimate of drug-likeness (QED) is 0.719. The van der Waals surface area contributed by atoms with Crippen molar-refractivity contribution in [1.82, 2.24) is 5.32 Å². The van der Waals surface area contributed by atoms with Crippen LogP contribution in [0.2, 0.25) is 0 Å². The lowest BCUT2D eigenvalue weighted by Crippen LogP contribution is -2.49. The summed E-state index contributed by atoms with van der Waals surface area (Å²) in [5.41, 5.74) is 5.11. The van der Waals surface area contributed by atoms with Crippen LogP contribution in [0.4, 0.5) is 0 Å². The molecule has 2 atom stereocenters. The molecule has 0 bridgehead atoms. The highest BCUT2D eigenvalue weighted by molar-refractivity contribution is 7.84. The van der Waals surface area contributed by atoms with Crippen molar-refractivity contribution in [2.24, 2.45) is 11.1 Å². The first-order valence-corrected chi connectivity index (χ1v) is 8.43. The Balaban J connectivity index is 2.57. The number of thiocarbonyl (C=S) groups is 1. The number of nitrogens with one attached hydrogen (secondary N) is 1. The minimum Gasteiger partial charge on any atom is -0.392 e. The molecule has 0 heterocycles. The van der Waals surface area contributed by atoms with E-state index in [1.54, 1.807) is 6.26 Å². The maximum atomic E-state index is 12.3. The normalized spacial score (nSPS) is 21.2. The highest BCUT2D eigenvalue weighted by atomic mass is 32.2. The molecule has 6 heteroatoms. The number of carbonyl (C=O) groups is 1. The van der Waals surface area contributed by atoms with E-state index in [2.05, 4.69) is 5.32 Å². The summed E-state index contributed by atoms with van der Waals surface area (Å²) in [6.45, 7) is 1.92. The van der Waals surface area contributed by atoms with Crippen molar-refractivity contribution in [1.29, 1.82) is 0 Å². The van der Waals surface area contributed by atoms with Gasteiger partial charge in [-0.25, -0.2) is 0 Å². The number of rotatable bonds is 6. The lowest BCUT2D eigenvalue weighted by molar-refractivity contribution is -0.127. The lowest BCUT2D eigenvalue weighted by atomic mass is 9.85. The van der Waals surface area contributed by atoms with Gasteiger partial charge in [0, 0.05) is 28.9 Å². The zero-order chi connectivity index (χ0) is 13.8. The topological polar surface area (TPSA) is 72.2 Å². The number of amides is 1. The standard InChI is InChI=1S/C12H22N2O2S2/c1-9(5-8-18(2)16)14-11(15)12(10(13)17)6-3-4-7-12/h9H,3-8H2,1-2H3,(H2,13,17)(H,14,15). The van der Waals surface area contributed by atoms with Crippen LogP contribution in [-0.4, -0.2) is 33.2 Å². The Morgan fingerprint density at radius 1 is 1.50 bits per heavy atom. The van der Waals surface area contributed by atoms with E-state index in [1.807, 2.05) is 6.92 Å². The van der Waals surface area contributed by atoms with E-state index in [0.717, 1.165) is 25.7 Å². The SMILES string of the molecule is CC(CCS(C)=O)NC(=O)C1(C(N)=S)CCCC1. The van der Waals surface area contributed by atoms with Gasteiger partial charge in [0.15, 0.2) is 0 Å². The molecular formula is C12H22N2O2S2. The molecule has 104 valence electrons. The molecule has 2 unspecified atom stereocenters. The van der Waals surface area contributed by atoms with Crippen molar-refractivity contribution in [3.8, 4) is 0 Å². The second kappa shape index (κ2) is 6.61. The van der Waals surface area contributed by atoms with E-state index in [-0.39, 0.29) is 11.9 Å². The van der Waals surface area contributed by atoms with Gasteiger partial charge in [-0.15, -0.1) is 0 Å². The van der Waals surface area contributed by atoms with E-state index < -0.39 is 16.2 Å². The molecule has 0 aromatic carbocycles. The Kier molecular flexibility index (Phi) is 5.72. The Morgan fingerprint density at radius 2 is 2.06 bits per heavy atom. The summed E-state index contributed by atoms with van der Waals surface area (Å²) in [4.78, 5) is 12.6. The minimum atomic E-state index is -0.824. The van der Waals surface area contributed by atoms with Crippen LogP contribution in [0.5, 0.6) is 0 Å². The Morgan fingerprint density at radius 3 is 2.50 bits per heavy atom. The monoisotopic (exact) mass is 290 g/mol. The third-order valence-corrected chi connectivity index (χ3v) is 4.78. The molecule has 0 radical (unpaired) electrons. The van der Waals surface area contributed by atoms with Crippen LogP contribution in [0, 0.1) is 5.41 Å². The maximum Gasteiger partial charge on any atom is 0.233 e. The fourth-order valence-corrected chi connectivity index (χ4v) is 3.32. The van der Waals surface area contributed by atoms with E-state index in [9.17, 15) is 9.00 Å². The van der Waals surface area contributed by atoms with Gasteiger partial charge >= 0.3 is 0 Å². The smallest absolute Gasteiger partial charge is 0.233 e. The van der Waals surface area contributed by atoms with Crippen molar-refractivity contribution in [2.45, 2.75) is 45.1 Å². The van der Waals surface area contributed by atoms with Crippen LogP contribution in [0.1, 0.15) is 39.0 Å². The van der Waals surface area contributed by atoms with Gasteiger partial charge in [0.2, 0.25) is 5.91 Å². The van der Waals surface area contributed by atoms with Crippen molar-refractivity contribution >= 4 is 33.9 Å². The lowest BCUT2D eigenvalue weighted by Gasteiger charge is -2.28. The summed E-state index contributed by atoms with van der Waals surface area (Å²) in [7, 11) is -0.824. The summed E-state index contributed by atoms with van der Waals surface area (Å²) in [6.07, 6.45) is 5.88. The highest BCUT2D eigenvalue weighted by Crippen LogP contribution is 2.38. The van der Waals surface area contributed by atoms with Gasteiger partial charge in [0.1, 0.15) is 0 Å². The Hall–Kier alpha value is -0.490. The second-order valence-electron chi connectivity index (χ2n) is 5.09. The fourth-order valence-electron chi connectivity index (χ4n) is 2.34. The molecule has 1 rings (SSSR count). The summed E-state index contributed by atoms with van der Waals surface area (Å²) < 4.78 is 11.0. The number of hydrogen-bond acceptors (Lipinski definition) is 3. The van der Waals surface area contributed by atoms with E-state index >= 15 is 0 Å². The summed E-state index contributed by atoms with van der Waals surface area (Å²) in [6, 6.07) is 0.00762. The highest BCUT2D eigenvalue weighted by Gasteiger charge is 2.44. The molecule has 0 aliphatic heterocycles. The molecule has 1 aliphatic carbocycles. The molecule has 0 saturated heterocycles. The number of hydrogen-bond donors (Lipinski definition) is 2. The van der Waals surface area contributed by atoms with Gasteiger partial charge < -0.3 is 11.1 Å². The van der Waals surface area contributed by atoms with Crippen LogP contribution in [0.3, 0.4) is 0 Å². The molecule has 0 aromatic heterocycles. The van der Waals surface area contributed by atoms with Crippen LogP contribution in [-0.2, 0) is 15.6 Å². The number of carbonyl (C=O) groups excluding carboxylic acids is 1. The summed E-state index contributed by atoms with van der Waals surface area (Å²) >= 11 is 5.07. The van der Waals surface area contributed by atoms with Crippen LogP contribution in [0.25, 0.3) is 0 Å². The largest absolute Gasteiger partial charge is 0.392 e. The zero-order valence-electron chi connectivity index (χ0n) is 11.0. The third-order valence-electron chi connectivity index (χ3n) is 3.58. The van der Waals surface area contributed by atoms with Gasteiger partial charge in [-0.3, -0.25) is 9.00 Å². The molecule has 1 aliphatic rings. The van der Waals surface area contributed by atoms with Crippen LogP contribution in [0.15, 0.2) is 0 Å². The van der Waals surface area contributed by atoms with Gasteiger partial charge in [-0.2, -0.15) is 0 Å². The average molecular weight is 290 g/mol.